The summed E-state index contributed by atoms with van der Waals surface area (Å²) in [6, 6.07) is 0. The van der Waals surface area contributed by atoms with Crippen LogP contribution >= 0.6 is 0 Å². The van der Waals surface area contributed by atoms with Crippen molar-refractivity contribution in [3.05, 3.63) is 11.1 Å². The lowest BCUT2D eigenvalue weighted by atomic mass is 9.49. The zero-order valence-corrected chi connectivity index (χ0v) is 8.85. The topological polar surface area (TPSA) is 34.1 Å². The van der Waals surface area contributed by atoms with Gasteiger partial charge in [-0.1, -0.05) is 11.1 Å². The molecule has 2 nitrogen and oxygen atoms in total. The summed E-state index contributed by atoms with van der Waals surface area (Å²) >= 11 is 0. The summed E-state index contributed by atoms with van der Waals surface area (Å²) in [5, 5.41) is 0. The normalized spacial score (nSPS) is 66.2. The van der Waals surface area contributed by atoms with E-state index < -0.39 is 0 Å². The highest BCUT2D eigenvalue weighted by atomic mass is 16.1. The molecule has 0 spiro atoms. The van der Waals surface area contributed by atoms with E-state index in [1.807, 2.05) is 0 Å². The number of fused-ring (bicyclic) bond motifs is 14. The van der Waals surface area contributed by atoms with Crippen LogP contribution in [0.5, 0.6) is 0 Å². The molecule has 0 heterocycles. The van der Waals surface area contributed by atoms with E-state index in [0.717, 1.165) is 12.8 Å². The molecule has 8 unspecified atom stereocenters. The van der Waals surface area contributed by atoms with Crippen LogP contribution in [0.15, 0.2) is 11.1 Å². The summed E-state index contributed by atoms with van der Waals surface area (Å²) in [5.41, 5.74) is 3.40. The van der Waals surface area contributed by atoms with Crippen LogP contribution in [0, 0.1) is 47.3 Å². The van der Waals surface area contributed by atoms with E-state index in [-0.39, 0.29) is 23.7 Å². The summed E-state index contributed by atoms with van der Waals surface area (Å²) < 4.78 is 0. The van der Waals surface area contributed by atoms with E-state index in [9.17, 15) is 9.59 Å². The average Bonchev–Trinajstić information content (AvgIpc) is 2.92. The van der Waals surface area contributed by atoms with Crippen LogP contribution in [0.2, 0.25) is 0 Å². The smallest absolute Gasteiger partial charge is 0.141 e. The zero-order valence-electron chi connectivity index (χ0n) is 8.85. The van der Waals surface area contributed by atoms with Gasteiger partial charge in [-0.2, -0.15) is 0 Å². The minimum atomic E-state index is 0.146. The molecule has 80 valence electrons. The van der Waals surface area contributed by atoms with Crippen molar-refractivity contribution in [2.75, 3.05) is 0 Å². The highest BCUT2D eigenvalue weighted by molar-refractivity contribution is 6.05. The number of allylic oxidation sites excluding steroid dienone is 2. The molecule has 2 heteroatoms. The van der Waals surface area contributed by atoms with Gasteiger partial charge in [0.2, 0.25) is 0 Å². The van der Waals surface area contributed by atoms with Crippen molar-refractivity contribution < 1.29 is 9.59 Å². The van der Waals surface area contributed by atoms with Gasteiger partial charge in [0.05, 0.1) is 0 Å². The maximum Gasteiger partial charge on any atom is 0.141 e. The third kappa shape index (κ3) is 0.424. The second kappa shape index (κ2) is 1.75. The van der Waals surface area contributed by atoms with Crippen LogP contribution < -0.4 is 0 Å². The number of Topliss-reactive ketones (excluding diaryl/α,β-unsaturated/α-hetero) is 2. The quantitative estimate of drug-likeness (QED) is 0.447. The maximum atomic E-state index is 12.5. The molecule has 0 aliphatic heterocycles. The molecule has 0 aromatic heterocycles. The maximum absolute atomic E-state index is 12.5. The summed E-state index contributed by atoms with van der Waals surface area (Å²) in [5.74, 6) is 3.67. The molecule has 5 rings (SSSR count). The van der Waals surface area contributed by atoms with E-state index in [4.69, 9.17) is 0 Å². The third-order valence-electron chi connectivity index (χ3n) is 6.77. The fourth-order valence-electron chi connectivity index (χ4n) is 6.77. The van der Waals surface area contributed by atoms with Crippen molar-refractivity contribution in [2.24, 2.45) is 47.3 Å². The van der Waals surface area contributed by atoms with Gasteiger partial charge in [-0.25, -0.2) is 0 Å². The fraction of sp³-hybridized carbons (Fsp3) is 0.714. The Labute approximate surface area is 93.1 Å². The van der Waals surface area contributed by atoms with Crippen molar-refractivity contribution in [3.63, 3.8) is 0 Å². The molecule has 0 saturated heterocycles. The second-order valence-corrected chi connectivity index (χ2v) is 6.72. The molecule has 0 N–H and O–H groups in total. The van der Waals surface area contributed by atoms with Crippen molar-refractivity contribution in [2.45, 2.75) is 12.8 Å². The van der Waals surface area contributed by atoms with Gasteiger partial charge in [0, 0.05) is 23.7 Å². The summed E-state index contributed by atoms with van der Waals surface area (Å²) in [6.07, 6.45) is 2.31. The summed E-state index contributed by atoms with van der Waals surface area (Å²) in [7, 11) is 0. The minimum absolute atomic E-state index is 0.146. The van der Waals surface area contributed by atoms with Crippen molar-refractivity contribution in [1.82, 2.24) is 0 Å². The zero-order chi connectivity index (χ0) is 10.3. The van der Waals surface area contributed by atoms with Gasteiger partial charge in [-0.3, -0.25) is 9.59 Å². The fourth-order valence-corrected chi connectivity index (χ4v) is 6.77. The minimum Gasteiger partial charge on any atom is -0.299 e. The van der Waals surface area contributed by atoms with Gasteiger partial charge in [0.25, 0.3) is 0 Å². The number of rotatable bonds is 0. The Morgan fingerprint density at radius 3 is 1.25 bits per heavy atom. The molecular weight excluding hydrogens is 200 g/mol. The summed E-state index contributed by atoms with van der Waals surface area (Å²) in [6.45, 7) is 0. The Hall–Kier alpha value is -0.920. The molecule has 5 aliphatic carbocycles. The van der Waals surface area contributed by atoms with Gasteiger partial charge >= 0.3 is 0 Å². The molecule has 0 aromatic rings. The van der Waals surface area contributed by atoms with Crippen molar-refractivity contribution >= 4 is 11.6 Å². The third-order valence-corrected chi connectivity index (χ3v) is 6.77. The lowest BCUT2D eigenvalue weighted by molar-refractivity contribution is -0.153. The predicted molar refractivity (Wildman–Crippen MR) is 54.2 cm³/mol. The Bertz CT molecular complexity index is 455. The first kappa shape index (κ1) is 7.41. The van der Waals surface area contributed by atoms with Crippen LogP contribution in [0.3, 0.4) is 0 Å². The van der Waals surface area contributed by atoms with Crippen LogP contribution in [-0.2, 0) is 9.59 Å². The van der Waals surface area contributed by atoms with Gasteiger partial charge in [0.15, 0.2) is 0 Å². The average molecular weight is 212 g/mol. The lowest BCUT2D eigenvalue weighted by Gasteiger charge is -2.52. The van der Waals surface area contributed by atoms with E-state index in [2.05, 4.69) is 0 Å². The standard InChI is InChI=1S/C14H12O2/c15-13-9-3-1-4-8-6-2-5(7(3)8)11(13)12(6)14(16)10(4)9/h3-6,9-12H,1-2H2. The highest BCUT2D eigenvalue weighted by Gasteiger charge is 2.77. The number of hydrogen-bond acceptors (Lipinski definition) is 2. The number of ketones is 2. The van der Waals surface area contributed by atoms with Crippen LogP contribution in [0.1, 0.15) is 12.8 Å². The molecule has 0 radical (unpaired) electrons. The van der Waals surface area contributed by atoms with Crippen molar-refractivity contribution in [3.8, 4) is 0 Å². The Morgan fingerprint density at radius 2 is 0.938 bits per heavy atom. The Morgan fingerprint density at radius 1 is 0.625 bits per heavy atom. The van der Waals surface area contributed by atoms with Gasteiger partial charge < -0.3 is 0 Å². The predicted octanol–water partition coefficient (Wildman–Crippen LogP) is 1.21. The molecule has 4 bridgehead atoms. The van der Waals surface area contributed by atoms with Gasteiger partial charge in [-0.15, -0.1) is 0 Å². The van der Waals surface area contributed by atoms with E-state index in [1.165, 1.54) is 0 Å². The molecule has 16 heavy (non-hydrogen) atoms. The largest absolute Gasteiger partial charge is 0.299 e. The molecule has 8 atom stereocenters. The van der Waals surface area contributed by atoms with Crippen molar-refractivity contribution in [1.29, 1.82) is 0 Å². The van der Waals surface area contributed by atoms with E-state index >= 15 is 0 Å². The number of hydrogen-bond donors (Lipinski definition) is 0. The molecule has 3 fully saturated rings. The first-order valence-corrected chi connectivity index (χ1v) is 6.60. The molecule has 0 amide bonds. The Kier molecular flexibility index (Phi) is 0.812. The monoisotopic (exact) mass is 212 g/mol. The molecule has 5 aliphatic rings. The number of carbonyl (C=O) groups is 2. The lowest BCUT2D eigenvalue weighted by Crippen LogP contribution is -2.58. The molecular formula is C14H12O2. The van der Waals surface area contributed by atoms with E-state index in [1.54, 1.807) is 11.1 Å². The highest BCUT2D eigenvalue weighted by Crippen LogP contribution is 2.77. The first-order valence-electron chi connectivity index (χ1n) is 6.60. The van der Waals surface area contributed by atoms with Gasteiger partial charge in [-0.05, 0) is 36.5 Å². The number of carbonyl (C=O) groups excluding carboxylic acids is 2. The molecule has 3 saturated carbocycles. The summed E-state index contributed by atoms with van der Waals surface area (Å²) in [4.78, 5) is 25.0. The first-order chi connectivity index (χ1) is 7.79. The Balaban J connectivity index is 1.83. The SMILES string of the molecule is O=C1C2C3CC4C5=C3C3CC5C(C(=O)C42)C13. The van der Waals surface area contributed by atoms with Crippen LogP contribution in [0.25, 0.3) is 0 Å². The molecule has 0 aromatic carbocycles. The van der Waals surface area contributed by atoms with Gasteiger partial charge in [0.1, 0.15) is 11.6 Å². The second-order valence-electron chi connectivity index (χ2n) is 6.72. The van der Waals surface area contributed by atoms with Crippen LogP contribution in [0.4, 0.5) is 0 Å². The van der Waals surface area contributed by atoms with Crippen LogP contribution in [-0.4, -0.2) is 11.6 Å². The van der Waals surface area contributed by atoms with E-state index in [0.29, 0.717) is 35.2 Å².